The van der Waals surface area contributed by atoms with Crippen molar-refractivity contribution in [2.24, 2.45) is 0 Å². The monoisotopic (exact) mass is 422 g/mol. The maximum absolute atomic E-state index is 12.7. The summed E-state index contributed by atoms with van der Waals surface area (Å²) in [4.78, 5) is 29.5. The molecule has 1 aliphatic rings. The van der Waals surface area contributed by atoms with Gasteiger partial charge in [0.25, 0.3) is 0 Å². The molecule has 4 rings (SSSR count). The van der Waals surface area contributed by atoms with Gasteiger partial charge in [0.15, 0.2) is 5.82 Å². The van der Waals surface area contributed by atoms with Crippen LogP contribution in [0.25, 0.3) is 5.82 Å². The highest BCUT2D eigenvalue weighted by Crippen LogP contribution is 2.40. The quantitative estimate of drug-likeness (QED) is 0.674. The molecule has 3 heterocycles. The van der Waals surface area contributed by atoms with Crippen molar-refractivity contribution in [2.45, 2.75) is 58.5 Å². The summed E-state index contributed by atoms with van der Waals surface area (Å²) in [6.45, 7) is 7.34. The van der Waals surface area contributed by atoms with E-state index in [1.807, 2.05) is 19.1 Å². The van der Waals surface area contributed by atoms with Gasteiger partial charge >= 0.3 is 6.09 Å². The highest BCUT2D eigenvalue weighted by molar-refractivity contribution is 5.93. The number of amides is 1. The molecule has 0 atom stereocenters. The van der Waals surface area contributed by atoms with Crippen LogP contribution in [-0.2, 0) is 16.0 Å². The largest absolute Gasteiger partial charge is 0.442 e. The number of anilines is 1. The average molecular weight is 422 g/mol. The molecule has 9 heteroatoms. The molecule has 162 valence electrons. The van der Waals surface area contributed by atoms with Gasteiger partial charge in [0.1, 0.15) is 11.4 Å². The summed E-state index contributed by atoms with van der Waals surface area (Å²) in [5.41, 5.74) is 1.78. The van der Waals surface area contributed by atoms with Crippen molar-refractivity contribution in [1.82, 2.24) is 24.5 Å². The Morgan fingerprint density at radius 3 is 2.65 bits per heavy atom. The van der Waals surface area contributed by atoms with Gasteiger partial charge in [-0.1, -0.05) is 0 Å². The highest BCUT2D eigenvalue weighted by atomic mass is 16.6. The van der Waals surface area contributed by atoms with Crippen molar-refractivity contribution in [1.29, 1.82) is 0 Å². The fraction of sp³-hybridized carbons (Fsp3) is 0.409. The van der Waals surface area contributed by atoms with Crippen molar-refractivity contribution < 1.29 is 14.3 Å². The standard InChI is InChI=1S/C22H26N6O3/c1-14-7-9-23-18(11-14)27-10-8-16(25-27)12-20(29)24-19-13-17(15-5-6-15)26-28(19)21(30)31-22(2,3)4/h7-11,13,15H,5-6,12H2,1-4H3,(H,24,29). The second kappa shape index (κ2) is 7.98. The van der Waals surface area contributed by atoms with Crippen LogP contribution in [0.1, 0.15) is 56.5 Å². The molecule has 0 bridgehead atoms. The van der Waals surface area contributed by atoms with Crippen LogP contribution in [0.4, 0.5) is 10.6 Å². The number of carbonyl (C=O) groups excluding carboxylic acids is 2. The Bertz CT molecular complexity index is 1120. The molecule has 1 aliphatic carbocycles. The van der Waals surface area contributed by atoms with Gasteiger partial charge in [0.05, 0.1) is 17.8 Å². The van der Waals surface area contributed by atoms with E-state index in [9.17, 15) is 9.59 Å². The molecule has 0 radical (unpaired) electrons. The predicted octanol–water partition coefficient (Wildman–Crippen LogP) is 3.61. The Kier molecular flexibility index (Phi) is 5.34. The van der Waals surface area contributed by atoms with E-state index < -0.39 is 11.7 Å². The number of nitrogens with zero attached hydrogens (tertiary/aromatic N) is 5. The number of pyridine rings is 1. The molecule has 3 aromatic heterocycles. The van der Waals surface area contributed by atoms with E-state index in [0.29, 0.717) is 23.2 Å². The molecule has 1 fully saturated rings. The van der Waals surface area contributed by atoms with Gasteiger partial charge in [-0.25, -0.2) is 14.5 Å². The van der Waals surface area contributed by atoms with Crippen molar-refractivity contribution in [3.8, 4) is 5.82 Å². The minimum absolute atomic E-state index is 0.0527. The number of ether oxygens (including phenoxy) is 1. The maximum atomic E-state index is 12.7. The number of hydrogen-bond donors (Lipinski definition) is 1. The van der Waals surface area contributed by atoms with Gasteiger partial charge in [0.2, 0.25) is 5.91 Å². The van der Waals surface area contributed by atoms with Gasteiger partial charge in [-0.05, 0) is 64.3 Å². The minimum Gasteiger partial charge on any atom is -0.442 e. The molecular weight excluding hydrogens is 396 g/mol. The lowest BCUT2D eigenvalue weighted by Crippen LogP contribution is -2.29. The van der Waals surface area contributed by atoms with E-state index in [4.69, 9.17) is 4.74 Å². The zero-order valence-corrected chi connectivity index (χ0v) is 18.1. The Labute approximate surface area is 180 Å². The van der Waals surface area contributed by atoms with Crippen LogP contribution in [0, 0.1) is 6.92 Å². The lowest BCUT2D eigenvalue weighted by Gasteiger charge is -2.19. The highest BCUT2D eigenvalue weighted by Gasteiger charge is 2.30. The van der Waals surface area contributed by atoms with Crippen LogP contribution < -0.4 is 5.32 Å². The van der Waals surface area contributed by atoms with E-state index in [1.54, 1.807) is 50.0 Å². The topological polar surface area (TPSA) is 104 Å². The third-order valence-corrected chi connectivity index (χ3v) is 4.68. The second-order valence-electron chi connectivity index (χ2n) is 8.79. The van der Waals surface area contributed by atoms with Gasteiger partial charge < -0.3 is 10.1 Å². The number of nitrogens with one attached hydrogen (secondary N) is 1. The van der Waals surface area contributed by atoms with Gasteiger partial charge in [-0.3, -0.25) is 4.79 Å². The molecule has 0 aliphatic heterocycles. The first-order valence-corrected chi connectivity index (χ1v) is 10.3. The van der Waals surface area contributed by atoms with Crippen molar-refractivity contribution in [2.75, 3.05) is 5.32 Å². The summed E-state index contributed by atoms with van der Waals surface area (Å²) < 4.78 is 8.19. The molecule has 1 amide bonds. The number of aryl methyl sites for hydroxylation is 1. The molecule has 9 nitrogen and oxygen atoms in total. The zero-order chi connectivity index (χ0) is 22.2. The van der Waals surface area contributed by atoms with Gasteiger partial charge in [0, 0.05) is 24.4 Å². The van der Waals surface area contributed by atoms with E-state index in [1.165, 1.54) is 0 Å². The van der Waals surface area contributed by atoms with Crippen LogP contribution in [0.15, 0.2) is 36.7 Å². The van der Waals surface area contributed by atoms with Crippen molar-refractivity contribution in [3.05, 3.63) is 53.6 Å². The minimum atomic E-state index is -0.666. The smallest absolute Gasteiger partial charge is 0.437 e. The van der Waals surface area contributed by atoms with Crippen LogP contribution in [-0.4, -0.2) is 42.1 Å². The summed E-state index contributed by atoms with van der Waals surface area (Å²) in [7, 11) is 0. The lowest BCUT2D eigenvalue weighted by atomic mass is 10.2. The first-order chi connectivity index (χ1) is 14.7. The van der Waals surface area contributed by atoms with Gasteiger partial charge in [-0.15, -0.1) is 4.68 Å². The zero-order valence-electron chi connectivity index (χ0n) is 18.1. The Balaban J connectivity index is 1.48. The van der Waals surface area contributed by atoms with Crippen LogP contribution >= 0.6 is 0 Å². The number of hydrogen-bond acceptors (Lipinski definition) is 6. The Morgan fingerprint density at radius 2 is 1.97 bits per heavy atom. The summed E-state index contributed by atoms with van der Waals surface area (Å²) in [6.07, 6.45) is 4.97. The Morgan fingerprint density at radius 1 is 1.19 bits per heavy atom. The molecule has 1 N–H and O–H groups in total. The van der Waals surface area contributed by atoms with Crippen LogP contribution in [0.2, 0.25) is 0 Å². The fourth-order valence-corrected chi connectivity index (χ4v) is 3.09. The maximum Gasteiger partial charge on any atom is 0.437 e. The number of carbonyl (C=O) groups is 2. The average Bonchev–Trinajstić information content (AvgIpc) is 3.28. The number of rotatable bonds is 5. The summed E-state index contributed by atoms with van der Waals surface area (Å²) in [6, 6.07) is 7.33. The molecule has 0 spiro atoms. The molecular formula is C22H26N6O3. The van der Waals surface area contributed by atoms with E-state index >= 15 is 0 Å². The lowest BCUT2D eigenvalue weighted by molar-refractivity contribution is -0.115. The van der Waals surface area contributed by atoms with E-state index in [2.05, 4.69) is 20.5 Å². The summed E-state index contributed by atoms with van der Waals surface area (Å²) >= 11 is 0. The Hall–Kier alpha value is -3.49. The van der Waals surface area contributed by atoms with Crippen molar-refractivity contribution >= 4 is 17.8 Å². The molecule has 0 unspecified atom stereocenters. The van der Waals surface area contributed by atoms with Crippen LogP contribution in [0.3, 0.4) is 0 Å². The first-order valence-electron chi connectivity index (χ1n) is 10.3. The number of aromatic nitrogens is 5. The molecule has 1 saturated carbocycles. The summed E-state index contributed by atoms with van der Waals surface area (Å²) in [5, 5.41) is 11.6. The molecule has 0 saturated heterocycles. The SMILES string of the molecule is Cc1ccnc(-n2ccc(CC(=O)Nc3cc(C4CC4)nn3C(=O)OC(C)(C)C)n2)c1. The molecule has 31 heavy (non-hydrogen) atoms. The van der Waals surface area contributed by atoms with Crippen LogP contribution in [0.5, 0.6) is 0 Å². The van der Waals surface area contributed by atoms with E-state index in [-0.39, 0.29) is 12.3 Å². The molecule has 3 aromatic rings. The third kappa shape index (κ3) is 5.17. The third-order valence-electron chi connectivity index (χ3n) is 4.68. The first kappa shape index (κ1) is 20.8. The molecule has 0 aromatic carbocycles. The van der Waals surface area contributed by atoms with Gasteiger partial charge in [-0.2, -0.15) is 10.2 Å². The van der Waals surface area contributed by atoms with Crippen molar-refractivity contribution in [3.63, 3.8) is 0 Å². The predicted molar refractivity (Wildman–Crippen MR) is 114 cm³/mol. The second-order valence-corrected chi connectivity index (χ2v) is 8.79. The van der Waals surface area contributed by atoms with E-state index in [0.717, 1.165) is 28.8 Å². The summed E-state index contributed by atoms with van der Waals surface area (Å²) in [5.74, 6) is 1.02. The normalized spacial score (nSPS) is 13.8. The fourth-order valence-electron chi connectivity index (χ4n) is 3.09.